The molecule has 0 aromatic heterocycles. The number of halogens is 3. The molecular weight excluding hydrogens is 331 g/mol. The third-order valence-electron chi connectivity index (χ3n) is 2.79. The molecule has 1 nitrogen and oxygen atoms in total. The summed E-state index contributed by atoms with van der Waals surface area (Å²) in [5.74, 6) is -0.598. The summed E-state index contributed by atoms with van der Waals surface area (Å²) in [5, 5.41) is 0.556. The van der Waals surface area contributed by atoms with Crippen LogP contribution in [0.15, 0.2) is 40.9 Å². The van der Waals surface area contributed by atoms with Gasteiger partial charge in [0.2, 0.25) is 0 Å². The van der Waals surface area contributed by atoms with Gasteiger partial charge in [0.15, 0.2) is 5.78 Å². The molecule has 0 spiro atoms. The van der Waals surface area contributed by atoms with Crippen LogP contribution in [0.5, 0.6) is 0 Å². The molecule has 0 unspecified atom stereocenters. The van der Waals surface area contributed by atoms with Crippen molar-refractivity contribution in [2.75, 3.05) is 0 Å². The second-order valence-corrected chi connectivity index (χ2v) is 5.58. The van der Waals surface area contributed by atoms with Gasteiger partial charge < -0.3 is 0 Å². The van der Waals surface area contributed by atoms with Gasteiger partial charge in [0.25, 0.3) is 0 Å². The van der Waals surface area contributed by atoms with E-state index < -0.39 is 5.82 Å². The van der Waals surface area contributed by atoms with Crippen molar-refractivity contribution in [3.63, 3.8) is 0 Å². The Bertz CT molecular complexity index is 640. The minimum Gasteiger partial charge on any atom is -0.294 e. The molecule has 0 heterocycles. The van der Waals surface area contributed by atoms with Gasteiger partial charge in [-0.15, -0.1) is 0 Å². The maximum Gasteiger partial charge on any atom is 0.168 e. The first kappa shape index (κ1) is 14.2. The molecule has 2 rings (SSSR count). The van der Waals surface area contributed by atoms with E-state index in [1.807, 2.05) is 25.1 Å². The lowest BCUT2D eigenvalue weighted by molar-refractivity contribution is 0.0992. The van der Waals surface area contributed by atoms with E-state index in [1.54, 1.807) is 0 Å². The van der Waals surface area contributed by atoms with Crippen LogP contribution in [0.2, 0.25) is 5.02 Å². The minimum absolute atomic E-state index is 0.154. The van der Waals surface area contributed by atoms with Crippen molar-refractivity contribution < 1.29 is 9.18 Å². The molecular formula is C15H11BrClFO. The van der Waals surface area contributed by atoms with Gasteiger partial charge in [0.1, 0.15) is 5.82 Å². The van der Waals surface area contributed by atoms with Crippen molar-refractivity contribution in [2.24, 2.45) is 0 Å². The molecule has 0 saturated carbocycles. The van der Waals surface area contributed by atoms with Gasteiger partial charge in [-0.05, 0) is 42.3 Å². The largest absolute Gasteiger partial charge is 0.294 e. The Hall–Kier alpha value is -1.19. The highest BCUT2D eigenvalue weighted by atomic mass is 79.9. The predicted octanol–water partition coefficient (Wildman–Crippen LogP) is 4.98. The molecule has 98 valence electrons. The highest BCUT2D eigenvalue weighted by Gasteiger charge is 2.13. The van der Waals surface area contributed by atoms with Crippen molar-refractivity contribution >= 4 is 33.3 Å². The Labute approximate surface area is 124 Å². The van der Waals surface area contributed by atoms with Crippen LogP contribution in [0.1, 0.15) is 21.5 Å². The Morgan fingerprint density at radius 3 is 2.68 bits per heavy atom. The first-order chi connectivity index (χ1) is 8.97. The van der Waals surface area contributed by atoms with E-state index >= 15 is 0 Å². The number of aryl methyl sites for hydroxylation is 1. The molecule has 0 aliphatic rings. The van der Waals surface area contributed by atoms with Crippen LogP contribution < -0.4 is 0 Å². The van der Waals surface area contributed by atoms with E-state index in [-0.39, 0.29) is 12.2 Å². The van der Waals surface area contributed by atoms with E-state index in [0.717, 1.165) is 11.1 Å². The Morgan fingerprint density at radius 2 is 2.00 bits per heavy atom. The van der Waals surface area contributed by atoms with Crippen LogP contribution in [0.4, 0.5) is 4.39 Å². The van der Waals surface area contributed by atoms with Gasteiger partial charge in [-0.3, -0.25) is 4.79 Å². The Kier molecular flexibility index (Phi) is 4.38. The molecule has 0 N–H and O–H groups in total. The second kappa shape index (κ2) is 5.85. The fourth-order valence-electron chi connectivity index (χ4n) is 1.78. The molecule has 0 fully saturated rings. The SMILES string of the molecule is Cc1ccc(CC(=O)c2cc(F)ccc2Br)c(Cl)c1. The summed E-state index contributed by atoms with van der Waals surface area (Å²) in [4.78, 5) is 12.2. The van der Waals surface area contributed by atoms with Gasteiger partial charge in [-0.1, -0.05) is 39.7 Å². The zero-order valence-electron chi connectivity index (χ0n) is 10.2. The molecule has 0 amide bonds. The van der Waals surface area contributed by atoms with Crippen LogP contribution in [-0.2, 0) is 6.42 Å². The van der Waals surface area contributed by atoms with E-state index in [2.05, 4.69) is 15.9 Å². The average Bonchev–Trinajstić information content (AvgIpc) is 2.35. The van der Waals surface area contributed by atoms with Gasteiger partial charge in [0.05, 0.1) is 0 Å². The third-order valence-corrected chi connectivity index (χ3v) is 3.83. The van der Waals surface area contributed by atoms with E-state index in [1.165, 1.54) is 18.2 Å². The molecule has 0 aliphatic heterocycles. The summed E-state index contributed by atoms with van der Waals surface area (Å²) in [5.41, 5.74) is 2.11. The molecule has 0 aliphatic carbocycles. The van der Waals surface area contributed by atoms with Gasteiger partial charge in [0, 0.05) is 21.5 Å². The van der Waals surface area contributed by atoms with E-state index in [4.69, 9.17) is 11.6 Å². The molecule has 4 heteroatoms. The van der Waals surface area contributed by atoms with Crippen molar-refractivity contribution in [2.45, 2.75) is 13.3 Å². The quantitative estimate of drug-likeness (QED) is 0.720. The molecule has 0 radical (unpaired) electrons. The van der Waals surface area contributed by atoms with Crippen molar-refractivity contribution in [3.8, 4) is 0 Å². The van der Waals surface area contributed by atoms with Crippen LogP contribution in [-0.4, -0.2) is 5.78 Å². The predicted molar refractivity (Wildman–Crippen MR) is 78.3 cm³/mol. The zero-order chi connectivity index (χ0) is 14.0. The number of hydrogen-bond donors (Lipinski definition) is 0. The monoisotopic (exact) mass is 340 g/mol. The number of hydrogen-bond acceptors (Lipinski definition) is 1. The first-order valence-corrected chi connectivity index (χ1v) is 6.88. The summed E-state index contributed by atoms with van der Waals surface area (Å²) < 4.78 is 13.8. The lowest BCUT2D eigenvalue weighted by Gasteiger charge is -2.06. The van der Waals surface area contributed by atoms with Gasteiger partial charge >= 0.3 is 0 Å². The molecule has 0 saturated heterocycles. The highest BCUT2D eigenvalue weighted by Crippen LogP contribution is 2.23. The van der Waals surface area contributed by atoms with Crippen LogP contribution >= 0.6 is 27.5 Å². The van der Waals surface area contributed by atoms with E-state index in [9.17, 15) is 9.18 Å². The maximum atomic E-state index is 13.2. The minimum atomic E-state index is -0.429. The normalized spacial score (nSPS) is 10.5. The number of benzene rings is 2. The molecule has 2 aromatic rings. The molecule has 19 heavy (non-hydrogen) atoms. The number of Topliss-reactive ketones (excluding diaryl/α,β-unsaturated/α-hetero) is 1. The highest BCUT2D eigenvalue weighted by molar-refractivity contribution is 9.10. The van der Waals surface area contributed by atoms with Crippen LogP contribution in [0.25, 0.3) is 0 Å². The fraction of sp³-hybridized carbons (Fsp3) is 0.133. The molecule has 0 atom stereocenters. The lowest BCUT2D eigenvalue weighted by Crippen LogP contribution is -2.05. The van der Waals surface area contributed by atoms with Gasteiger partial charge in [-0.2, -0.15) is 0 Å². The maximum absolute atomic E-state index is 13.2. The van der Waals surface area contributed by atoms with Crippen LogP contribution in [0.3, 0.4) is 0 Å². The first-order valence-electron chi connectivity index (χ1n) is 5.70. The number of rotatable bonds is 3. The fourth-order valence-corrected chi connectivity index (χ4v) is 2.54. The summed E-state index contributed by atoms with van der Waals surface area (Å²) in [6.45, 7) is 1.93. The molecule has 0 bridgehead atoms. The van der Waals surface area contributed by atoms with Crippen molar-refractivity contribution in [3.05, 3.63) is 68.4 Å². The summed E-state index contributed by atoms with van der Waals surface area (Å²) in [7, 11) is 0. The average molecular weight is 342 g/mol. The van der Waals surface area contributed by atoms with Crippen molar-refractivity contribution in [1.82, 2.24) is 0 Å². The van der Waals surface area contributed by atoms with Crippen molar-refractivity contribution in [1.29, 1.82) is 0 Å². The number of carbonyl (C=O) groups is 1. The Balaban J connectivity index is 2.28. The molecule has 2 aromatic carbocycles. The zero-order valence-corrected chi connectivity index (χ0v) is 12.6. The van der Waals surface area contributed by atoms with Gasteiger partial charge in [-0.25, -0.2) is 4.39 Å². The standard InChI is InChI=1S/C15H11BrClFO/c1-9-2-3-10(14(17)6-9)7-15(19)12-8-11(18)4-5-13(12)16/h2-6,8H,7H2,1H3. The third kappa shape index (κ3) is 3.43. The summed E-state index contributed by atoms with van der Waals surface area (Å²) in [6, 6.07) is 9.59. The Morgan fingerprint density at radius 1 is 1.26 bits per heavy atom. The van der Waals surface area contributed by atoms with Crippen LogP contribution in [0, 0.1) is 12.7 Å². The topological polar surface area (TPSA) is 17.1 Å². The summed E-state index contributed by atoms with van der Waals surface area (Å²) >= 11 is 9.35. The summed E-state index contributed by atoms with van der Waals surface area (Å²) in [6.07, 6.45) is 0.154. The second-order valence-electron chi connectivity index (χ2n) is 4.32. The van der Waals surface area contributed by atoms with E-state index in [0.29, 0.717) is 15.1 Å². The smallest absolute Gasteiger partial charge is 0.168 e. The number of ketones is 1. The number of carbonyl (C=O) groups excluding carboxylic acids is 1. The lowest BCUT2D eigenvalue weighted by atomic mass is 10.0.